The zero-order valence-electron chi connectivity index (χ0n) is 17.5. The van der Waals surface area contributed by atoms with Crippen molar-refractivity contribution in [1.29, 1.82) is 0 Å². The van der Waals surface area contributed by atoms with Crippen LogP contribution in [0.4, 0.5) is 20.2 Å². The first-order chi connectivity index (χ1) is 14.2. The second-order valence-electron chi connectivity index (χ2n) is 7.14. The molecule has 0 saturated heterocycles. The Kier molecular flexibility index (Phi) is 6.20. The van der Waals surface area contributed by atoms with Gasteiger partial charge in [0.05, 0.1) is 12.3 Å². The summed E-state index contributed by atoms with van der Waals surface area (Å²) in [5.74, 6) is -3.22. The molecule has 1 aromatic heterocycles. The minimum atomic E-state index is -2.88. The SMILES string of the molecule is CCOC(=O)Cn1nc(C)c(-c2ccccc2Nc2ccc(C(C)(F)F)cc2)c1C. The number of carbonyl (C=O) groups excluding carboxylic acids is 1. The highest BCUT2D eigenvalue weighted by Gasteiger charge is 2.24. The fourth-order valence-electron chi connectivity index (χ4n) is 3.38. The lowest BCUT2D eigenvalue weighted by molar-refractivity contribution is -0.144. The Morgan fingerprint density at radius 3 is 2.43 bits per heavy atom. The molecule has 0 aliphatic heterocycles. The maximum absolute atomic E-state index is 13.5. The molecule has 2 aromatic carbocycles. The van der Waals surface area contributed by atoms with Gasteiger partial charge in [0, 0.05) is 40.7 Å². The fourth-order valence-corrected chi connectivity index (χ4v) is 3.38. The van der Waals surface area contributed by atoms with Crippen molar-refractivity contribution in [1.82, 2.24) is 9.78 Å². The molecule has 7 heteroatoms. The van der Waals surface area contributed by atoms with E-state index >= 15 is 0 Å². The summed E-state index contributed by atoms with van der Waals surface area (Å²) in [7, 11) is 0. The molecule has 0 atom stereocenters. The fraction of sp³-hybridized carbons (Fsp3) is 0.304. The molecule has 0 spiro atoms. The van der Waals surface area contributed by atoms with Crippen molar-refractivity contribution in [2.45, 2.75) is 40.2 Å². The van der Waals surface area contributed by atoms with E-state index in [4.69, 9.17) is 4.74 Å². The van der Waals surface area contributed by atoms with Gasteiger partial charge in [0.15, 0.2) is 0 Å². The van der Waals surface area contributed by atoms with Gasteiger partial charge in [-0.3, -0.25) is 9.48 Å². The van der Waals surface area contributed by atoms with Crippen molar-refractivity contribution in [3.63, 3.8) is 0 Å². The van der Waals surface area contributed by atoms with Crippen molar-refractivity contribution < 1.29 is 18.3 Å². The highest BCUT2D eigenvalue weighted by atomic mass is 19.3. The summed E-state index contributed by atoms with van der Waals surface area (Å²) in [6.07, 6.45) is 0. The predicted octanol–water partition coefficient (Wildman–Crippen LogP) is 5.59. The number of aromatic nitrogens is 2. The zero-order chi connectivity index (χ0) is 21.9. The van der Waals surface area contributed by atoms with E-state index in [1.165, 1.54) is 12.1 Å². The van der Waals surface area contributed by atoms with Crippen LogP contribution in [0, 0.1) is 13.8 Å². The molecule has 158 valence electrons. The Hall–Kier alpha value is -3.22. The van der Waals surface area contributed by atoms with E-state index in [2.05, 4.69) is 10.4 Å². The summed E-state index contributed by atoms with van der Waals surface area (Å²) in [4.78, 5) is 11.9. The van der Waals surface area contributed by atoms with Crippen LogP contribution in [-0.4, -0.2) is 22.4 Å². The highest BCUT2D eigenvalue weighted by molar-refractivity contribution is 5.83. The minimum absolute atomic E-state index is 0.0340. The molecule has 0 aliphatic carbocycles. The van der Waals surface area contributed by atoms with E-state index < -0.39 is 5.92 Å². The maximum Gasteiger partial charge on any atom is 0.327 e. The number of alkyl halides is 2. The summed E-state index contributed by atoms with van der Waals surface area (Å²) in [6.45, 7) is 6.80. The maximum atomic E-state index is 13.5. The minimum Gasteiger partial charge on any atom is -0.465 e. The Labute approximate surface area is 174 Å². The molecular formula is C23H25F2N3O2. The number of rotatable bonds is 7. The van der Waals surface area contributed by atoms with E-state index in [-0.39, 0.29) is 18.1 Å². The Bertz CT molecular complexity index is 1040. The number of ether oxygens (including phenoxy) is 1. The second kappa shape index (κ2) is 8.65. The third-order valence-electron chi connectivity index (χ3n) is 4.83. The molecule has 1 N–H and O–H groups in total. The lowest BCUT2D eigenvalue weighted by Crippen LogP contribution is -2.15. The normalized spacial score (nSPS) is 11.4. The molecule has 0 saturated carbocycles. The van der Waals surface area contributed by atoms with E-state index in [0.29, 0.717) is 12.3 Å². The van der Waals surface area contributed by atoms with Gasteiger partial charge in [-0.2, -0.15) is 5.10 Å². The van der Waals surface area contributed by atoms with Crippen molar-refractivity contribution in [3.05, 3.63) is 65.5 Å². The molecule has 3 rings (SSSR count). The van der Waals surface area contributed by atoms with Crippen LogP contribution in [-0.2, 0) is 22.0 Å². The van der Waals surface area contributed by atoms with Crippen LogP contribution in [0.2, 0.25) is 0 Å². The molecule has 0 amide bonds. The van der Waals surface area contributed by atoms with Crippen molar-refractivity contribution in [2.75, 3.05) is 11.9 Å². The van der Waals surface area contributed by atoms with Crippen LogP contribution in [0.25, 0.3) is 11.1 Å². The van der Waals surface area contributed by atoms with Gasteiger partial charge in [0.25, 0.3) is 5.92 Å². The number of aryl methyl sites for hydroxylation is 1. The number of nitrogens with zero attached hydrogens (tertiary/aromatic N) is 2. The zero-order valence-corrected chi connectivity index (χ0v) is 17.5. The molecular weight excluding hydrogens is 388 g/mol. The molecule has 5 nitrogen and oxygen atoms in total. The average molecular weight is 413 g/mol. The number of nitrogens with one attached hydrogen (secondary N) is 1. The lowest BCUT2D eigenvalue weighted by atomic mass is 10.0. The second-order valence-corrected chi connectivity index (χ2v) is 7.14. The van der Waals surface area contributed by atoms with E-state index in [1.54, 1.807) is 23.7 Å². The van der Waals surface area contributed by atoms with E-state index in [9.17, 15) is 13.6 Å². The third kappa shape index (κ3) is 4.67. The van der Waals surface area contributed by atoms with Gasteiger partial charge in [0.2, 0.25) is 0 Å². The van der Waals surface area contributed by atoms with Crippen LogP contribution in [0.1, 0.15) is 30.8 Å². The van der Waals surface area contributed by atoms with Gasteiger partial charge in [0.1, 0.15) is 6.54 Å². The van der Waals surface area contributed by atoms with E-state index in [1.807, 2.05) is 38.1 Å². The number of esters is 1. The number of benzene rings is 2. The number of carbonyl (C=O) groups is 1. The number of hydrogen-bond acceptors (Lipinski definition) is 4. The molecule has 0 unspecified atom stereocenters. The van der Waals surface area contributed by atoms with Crippen molar-refractivity contribution >= 4 is 17.3 Å². The third-order valence-corrected chi connectivity index (χ3v) is 4.83. The van der Waals surface area contributed by atoms with Gasteiger partial charge in [-0.25, -0.2) is 8.78 Å². The monoisotopic (exact) mass is 413 g/mol. The van der Waals surface area contributed by atoms with Gasteiger partial charge in [-0.15, -0.1) is 0 Å². The quantitative estimate of drug-likeness (QED) is 0.514. The summed E-state index contributed by atoms with van der Waals surface area (Å²) >= 11 is 0. The van der Waals surface area contributed by atoms with Crippen molar-refractivity contribution in [2.24, 2.45) is 0 Å². The first-order valence-electron chi connectivity index (χ1n) is 9.75. The number of halogens is 2. The lowest BCUT2D eigenvalue weighted by Gasteiger charge is -2.15. The number of hydrogen-bond donors (Lipinski definition) is 1. The molecule has 0 radical (unpaired) electrons. The van der Waals surface area contributed by atoms with Gasteiger partial charge >= 0.3 is 5.97 Å². The molecule has 30 heavy (non-hydrogen) atoms. The number of para-hydroxylation sites is 1. The predicted molar refractivity (Wildman–Crippen MR) is 113 cm³/mol. The van der Waals surface area contributed by atoms with Crippen LogP contribution in [0.5, 0.6) is 0 Å². The van der Waals surface area contributed by atoms with Gasteiger partial charge in [-0.1, -0.05) is 30.3 Å². The van der Waals surface area contributed by atoms with Gasteiger partial charge < -0.3 is 10.1 Å². The molecule has 0 bridgehead atoms. The molecule has 1 heterocycles. The highest BCUT2D eigenvalue weighted by Crippen LogP contribution is 2.35. The topological polar surface area (TPSA) is 56.2 Å². The first-order valence-corrected chi connectivity index (χ1v) is 9.75. The molecule has 3 aromatic rings. The molecule has 0 fully saturated rings. The van der Waals surface area contributed by atoms with Crippen LogP contribution >= 0.6 is 0 Å². The average Bonchev–Trinajstić information content (AvgIpc) is 2.95. The standard InChI is InChI=1S/C23H25F2N3O2/c1-5-30-21(29)14-28-16(3)22(15(2)27-28)19-8-6-7-9-20(19)26-18-12-10-17(11-13-18)23(4,24)25/h6-13,26H,5,14H2,1-4H3. The van der Waals surface area contributed by atoms with E-state index in [0.717, 1.165) is 35.1 Å². The van der Waals surface area contributed by atoms with Gasteiger partial charge in [-0.05, 0) is 39.0 Å². The van der Waals surface area contributed by atoms with Crippen LogP contribution in [0.15, 0.2) is 48.5 Å². The summed E-state index contributed by atoms with van der Waals surface area (Å²) in [5, 5.41) is 7.80. The number of anilines is 2. The summed E-state index contributed by atoms with van der Waals surface area (Å²) in [5.41, 5.74) is 4.93. The van der Waals surface area contributed by atoms with Crippen LogP contribution < -0.4 is 5.32 Å². The Balaban J connectivity index is 1.92. The van der Waals surface area contributed by atoms with Crippen LogP contribution in [0.3, 0.4) is 0 Å². The Morgan fingerprint density at radius 1 is 1.13 bits per heavy atom. The van der Waals surface area contributed by atoms with Crippen molar-refractivity contribution in [3.8, 4) is 11.1 Å². The Morgan fingerprint density at radius 2 is 1.80 bits per heavy atom. The largest absolute Gasteiger partial charge is 0.465 e. The summed E-state index contributed by atoms with van der Waals surface area (Å²) < 4.78 is 33.6. The first kappa shape index (κ1) is 21.5. The molecule has 0 aliphatic rings. The summed E-state index contributed by atoms with van der Waals surface area (Å²) in [6, 6.07) is 13.8. The smallest absolute Gasteiger partial charge is 0.327 e.